The second kappa shape index (κ2) is 9.36. The number of carbonyl (C=O) groups is 2. The van der Waals surface area contributed by atoms with E-state index in [-0.39, 0.29) is 11.4 Å². The molecule has 1 N–H and O–H groups in total. The van der Waals surface area contributed by atoms with E-state index >= 15 is 0 Å². The number of hydrogen-bond acceptors (Lipinski definition) is 5. The first-order valence-electron chi connectivity index (χ1n) is 10.4. The summed E-state index contributed by atoms with van der Waals surface area (Å²) in [4.78, 5) is 24.8. The smallest absolute Gasteiger partial charge is 0.337 e. The molecule has 7 nitrogen and oxygen atoms in total. The average Bonchev–Trinajstić information content (AvgIpc) is 2.85. The van der Waals surface area contributed by atoms with Gasteiger partial charge >= 0.3 is 5.97 Å². The van der Waals surface area contributed by atoms with Crippen LogP contribution in [0.4, 0.5) is 11.4 Å². The number of para-hydroxylation sites is 1. The summed E-state index contributed by atoms with van der Waals surface area (Å²) >= 11 is 0. The van der Waals surface area contributed by atoms with Crippen molar-refractivity contribution < 1.29 is 22.7 Å². The second-order valence-electron chi connectivity index (χ2n) is 7.44. The molecule has 34 heavy (non-hydrogen) atoms. The number of ether oxygens (including phenoxy) is 1. The summed E-state index contributed by atoms with van der Waals surface area (Å²) in [6, 6.07) is 22.0. The number of fused-ring (bicyclic) bond motifs is 1. The molecular formula is C26H22N2O5S. The maximum Gasteiger partial charge on any atom is 0.337 e. The minimum atomic E-state index is -4.23. The Morgan fingerprint density at radius 2 is 1.62 bits per heavy atom. The van der Waals surface area contributed by atoms with Gasteiger partial charge in [0.15, 0.2) is 4.91 Å². The average molecular weight is 475 g/mol. The van der Waals surface area contributed by atoms with Crippen LogP contribution in [-0.2, 0) is 19.6 Å². The molecule has 0 atom stereocenters. The zero-order valence-corrected chi connectivity index (χ0v) is 19.2. The Balaban J connectivity index is 1.88. The number of carbonyl (C=O) groups excluding carboxylic acids is 2. The summed E-state index contributed by atoms with van der Waals surface area (Å²) in [5.41, 5.74) is 2.66. The summed E-state index contributed by atoms with van der Waals surface area (Å²) in [7, 11) is -2.95. The van der Waals surface area contributed by atoms with E-state index < -0.39 is 21.9 Å². The van der Waals surface area contributed by atoms with Crippen molar-refractivity contribution in [3.63, 3.8) is 0 Å². The fraction of sp³-hybridized carbons (Fsp3) is 0.0769. The monoisotopic (exact) mass is 474 g/mol. The fourth-order valence-corrected chi connectivity index (χ4v) is 5.54. The molecule has 1 aliphatic heterocycles. The number of methoxy groups -OCH3 is 1. The zero-order valence-electron chi connectivity index (χ0n) is 18.4. The van der Waals surface area contributed by atoms with Crippen molar-refractivity contribution in [3.05, 3.63) is 113 Å². The Hall–Kier alpha value is -4.17. The van der Waals surface area contributed by atoms with Crippen LogP contribution >= 0.6 is 0 Å². The van der Waals surface area contributed by atoms with Gasteiger partial charge in [0.05, 0.1) is 24.9 Å². The minimum absolute atomic E-state index is 0.00597. The summed E-state index contributed by atoms with van der Waals surface area (Å²) in [6.07, 6.45) is 1.48. The van der Waals surface area contributed by atoms with Crippen LogP contribution in [-0.4, -0.2) is 33.9 Å². The number of hydrogen-bond donors (Lipinski definition) is 1. The van der Waals surface area contributed by atoms with Crippen LogP contribution in [0.15, 0.2) is 96.4 Å². The Bertz CT molecular complexity index is 1390. The van der Waals surface area contributed by atoms with Crippen molar-refractivity contribution in [1.29, 1.82) is 0 Å². The van der Waals surface area contributed by atoms with Crippen molar-refractivity contribution >= 4 is 38.8 Å². The molecule has 1 amide bonds. The van der Waals surface area contributed by atoms with Crippen molar-refractivity contribution in [2.75, 3.05) is 23.3 Å². The SMILES string of the molecule is C=CCN1c2ccccc2C(c2ccccc2)=C(C(=O)Nc2ccc(C(=O)OC)cc2)S1(=O)=O. The summed E-state index contributed by atoms with van der Waals surface area (Å²) in [5.74, 6) is -1.30. The molecule has 1 heterocycles. The largest absolute Gasteiger partial charge is 0.465 e. The quantitative estimate of drug-likeness (QED) is 0.427. The first-order chi connectivity index (χ1) is 16.4. The van der Waals surface area contributed by atoms with E-state index in [9.17, 15) is 18.0 Å². The van der Waals surface area contributed by atoms with Crippen LogP contribution < -0.4 is 9.62 Å². The van der Waals surface area contributed by atoms with Gasteiger partial charge in [0.2, 0.25) is 0 Å². The Morgan fingerprint density at radius 1 is 0.971 bits per heavy atom. The fourth-order valence-electron chi connectivity index (χ4n) is 3.82. The third-order valence-electron chi connectivity index (χ3n) is 5.34. The van der Waals surface area contributed by atoms with Crippen molar-refractivity contribution in [1.82, 2.24) is 0 Å². The molecule has 0 saturated heterocycles. The number of anilines is 2. The first kappa shape index (κ1) is 23.0. The Morgan fingerprint density at radius 3 is 2.26 bits per heavy atom. The molecule has 0 aliphatic carbocycles. The van der Waals surface area contributed by atoms with Gasteiger partial charge in [-0.25, -0.2) is 13.2 Å². The van der Waals surface area contributed by atoms with Crippen molar-refractivity contribution in [3.8, 4) is 0 Å². The molecule has 1 aliphatic rings. The molecule has 0 radical (unpaired) electrons. The van der Waals surface area contributed by atoms with Gasteiger partial charge in [0.1, 0.15) is 0 Å². The molecule has 4 rings (SSSR count). The molecule has 3 aromatic rings. The summed E-state index contributed by atoms with van der Waals surface area (Å²) in [5, 5.41) is 2.66. The predicted octanol–water partition coefficient (Wildman–Crippen LogP) is 4.21. The highest BCUT2D eigenvalue weighted by Crippen LogP contribution is 2.42. The highest BCUT2D eigenvalue weighted by atomic mass is 32.2. The van der Waals surface area contributed by atoms with Gasteiger partial charge in [-0.15, -0.1) is 6.58 Å². The Labute approximate surface area is 198 Å². The van der Waals surface area contributed by atoms with Gasteiger partial charge in [0, 0.05) is 16.8 Å². The summed E-state index contributed by atoms with van der Waals surface area (Å²) in [6.45, 7) is 3.68. The zero-order chi connectivity index (χ0) is 24.3. The normalized spacial score (nSPS) is 14.2. The number of amides is 1. The lowest BCUT2D eigenvalue weighted by Crippen LogP contribution is -2.39. The van der Waals surface area contributed by atoms with Crippen LogP contribution in [0.3, 0.4) is 0 Å². The highest BCUT2D eigenvalue weighted by molar-refractivity contribution is 7.97. The van der Waals surface area contributed by atoms with Crippen LogP contribution in [0.1, 0.15) is 21.5 Å². The van der Waals surface area contributed by atoms with E-state index in [0.29, 0.717) is 33.6 Å². The van der Waals surface area contributed by atoms with Gasteiger partial charge in [-0.3, -0.25) is 9.10 Å². The van der Waals surface area contributed by atoms with E-state index in [1.807, 2.05) is 6.07 Å². The topological polar surface area (TPSA) is 92.8 Å². The van der Waals surface area contributed by atoms with E-state index in [1.54, 1.807) is 48.5 Å². The van der Waals surface area contributed by atoms with Gasteiger partial charge in [-0.05, 0) is 35.9 Å². The van der Waals surface area contributed by atoms with Crippen molar-refractivity contribution in [2.24, 2.45) is 0 Å². The minimum Gasteiger partial charge on any atom is -0.465 e. The second-order valence-corrected chi connectivity index (χ2v) is 9.23. The lowest BCUT2D eigenvalue weighted by molar-refractivity contribution is -0.112. The van der Waals surface area contributed by atoms with E-state index in [4.69, 9.17) is 0 Å². The molecule has 0 fully saturated rings. The maximum absolute atomic E-state index is 13.8. The van der Waals surface area contributed by atoms with Crippen LogP contribution in [0, 0.1) is 0 Å². The molecule has 8 heteroatoms. The molecule has 0 aromatic heterocycles. The molecule has 0 bridgehead atoms. The predicted molar refractivity (Wildman–Crippen MR) is 132 cm³/mol. The molecule has 0 unspecified atom stereocenters. The standard InChI is InChI=1S/C26H22N2O5S/c1-3-17-28-22-12-8-7-11-21(22)23(18-9-5-4-6-10-18)24(34(28,31)32)25(29)27-20-15-13-19(14-16-20)26(30)33-2/h3-16H,1,17H2,2H3,(H,27,29). The maximum atomic E-state index is 13.8. The van der Waals surface area contributed by atoms with E-state index in [1.165, 1.54) is 41.8 Å². The third kappa shape index (κ3) is 4.11. The number of rotatable bonds is 6. The van der Waals surface area contributed by atoms with Crippen LogP contribution in [0.5, 0.6) is 0 Å². The first-order valence-corrected chi connectivity index (χ1v) is 11.8. The highest BCUT2D eigenvalue weighted by Gasteiger charge is 2.40. The number of esters is 1. The molecular weight excluding hydrogens is 452 g/mol. The van der Waals surface area contributed by atoms with Crippen LogP contribution in [0.2, 0.25) is 0 Å². The lowest BCUT2D eigenvalue weighted by atomic mass is 9.95. The van der Waals surface area contributed by atoms with Gasteiger partial charge in [-0.2, -0.15) is 0 Å². The van der Waals surface area contributed by atoms with Gasteiger partial charge in [-0.1, -0.05) is 54.6 Å². The van der Waals surface area contributed by atoms with Gasteiger partial charge in [0.25, 0.3) is 15.9 Å². The van der Waals surface area contributed by atoms with Gasteiger partial charge < -0.3 is 10.1 Å². The van der Waals surface area contributed by atoms with E-state index in [2.05, 4.69) is 16.6 Å². The van der Waals surface area contributed by atoms with Crippen LogP contribution in [0.25, 0.3) is 5.57 Å². The molecule has 0 saturated carbocycles. The Kier molecular flexibility index (Phi) is 6.34. The number of benzene rings is 3. The lowest BCUT2D eigenvalue weighted by Gasteiger charge is -2.32. The van der Waals surface area contributed by atoms with E-state index in [0.717, 1.165) is 0 Å². The number of sulfonamides is 1. The molecule has 172 valence electrons. The molecule has 3 aromatic carbocycles. The third-order valence-corrected chi connectivity index (χ3v) is 7.18. The molecule has 0 spiro atoms. The summed E-state index contributed by atoms with van der Waals surface area (Å²) < 4.78 is 33.4. The van der Waals surface area contributed by atoms with Crippen molar-refractivity contribution in [2.45, 2.75) is 0 Å². The number of nitrogens with zero attached hydrogens (tertiary/aromatic N) is 1. The number of nitrogens with one attached hydrogen (secondary N) is 1.